The standard InChI is InChI=1S/C21H23ClN2O/c22-17-11-9-16(10-12-17)20(21(25)23-18-6-2-3-7-18)24-14-13-15-5-1-4-8-19(15)24/h1,4-5,8-12,18,20H,2-3,6-7,13-14H2,(H,23,25)/t20-/m1/s1. The predicted molar refractivity (Wildman–Crippen MR) is 102 cm³/mol. The number of para-hydroxylation sites is 1. The molecule has 0 unspecified atom stereocenters. The minimum atomic E-state index is -0.304. The van der Waals surface area contributed by atoms with Crippen molar-refractivity contribution in [3.05, 3.63) is 64.7 Å². The van der Waals surface area contributed by atoms with Gasteiger partial charge in [-0.1, -0.05) is 54.8 Å². The molecule has 1 fully saturated rings. The van der Waals surface area contributed by atoms with Crippen molar-refractivity contribution in [3.8, 4) is 0 Å². The van der Waals surface area contributed by atoms with Gasteiger partial charge in [-0.15, -0.1) is 0 Å². The number of anilines is 1. The Balaban J connectivity index is 1.66. The minimum Gasteiger partial charge on any atom is -0.355 e. The molecule has 4 rings (SSSR count). The third kappa shape index (κ3) is 3.38. The molecule has 1 heterocycles. The smallest absolute Gasteiger partial charge is 0.247 e. The summed E-state index contributed by atoms with van der Waals surface area (Å²) in [4.78, 5) is 15.4. The molecule has 0 bridgehead atoms. The molecule has 1 aliphatic heterocycles. The van der Waals surface area contributed by atoms with E-state index in [-0.39, 0.29) is 11.9 Å². The van der Waals surface area contributed by atoms with Crippen LogP contribution < -0.4 is 10.2 Å². The molecule has 0 spiro atoms. The fourth-order valence-corrected chi connectivity index (χ4v) is 4.23. The van der Waals surface area contributed by atoms with Gasteiger partial charge in [0.2, 0.25) is 5.91 Å². The first kappa shape index (κ1) is 16.5. The lowest BCUT2D eigenvalue weighted by Gasteiger charge is -2.31. The number of nitrogens with zero attached hydrogens (tertiary/aromatic N) is 1. The lowest BCUT2D eigenvalue weighted by molar-refractivity contribution is -0.123. The van der Waals surface area contributed by atoms with Gasteiger partial charge in [0.15, 0.2) is 0 Å². The molecule has 2 aromatic rings. The maximum atomic E-state index is 13.2. The van der Waals surface area contributed by atoms with E-state index in [4.69, 9.17) is 11.6 Å². The monoisotopic (exact) mass is 354 g/mol. The van der Waals surface area contributed by atoms with E-state index in [2.05, 4.69) is 28.4 Å². The van der Waals surface area contributed by atoms with E-state index in [0.29, 0.717) is 11.1 Å². The Morgan fingerprint density at radius 1 is 1.08 bits per heavy atom. The SMILES string of the molecule is O=C(NC1CCCC1)[C@@H](c1ccc(Cl)cc1)N1CCc2ccccc21. The topological polar surface area (TPSA) is 32.3 Å². The van der Waals surface area contributed by atoms with Crippen molar-refractivity contribution in [2.24, 2.45) is 0 Å². The van der Waals surface area contributed by atoms with Crippen LogP contribution in [-0.4, -0.2) is 18.5 Å². The summed E-state index contributed by atoms with van der Waals surface area (Å²) in [5, 5.41) is 3.98. The van der Waals surface area contributed by atoms with Gasteiger partial charge in [0.1, 0.15) is 6.04 Å². The summed E-state index contributed by atoms with van der Waals surface area (Å²) in [5.41, 5.74) is 3.48. The summed E-state index contributed by atoms with van der Waals surface area (Å²) in [6.07, 6.45) is 5.59. The normalized spacial score (nSPS) is 18.2. The van der Waals surface area contributed by atoms with Crippen LogP contribution >= 0.6 is 11.6 Å². The molecule has 4 heteroatoms. The van der Waals surface area contributed by atoms with E-state index in [1.807, 2.05) is 30.3 Å². The molecule has 1 saturated carbocycles. The van der Waals surface area contributed by atoms with Crippen molar-refractivity contribution in [2.45, 2.75) is 44.2 Å². The van der Waals surface area contributed by atoms with E-state index < -0.39 is 0 Å². The van der Waals surface area contributed by atoms with Crippen molar-refractivity contribution in [1.82, 2.24) is 5.32 Å². The minimum absolute atomic E-state index is 0.103. The molecule has 1 N–H and O–H groups in total. The molecule has 1 atom stereocenters. The summed E-state index contributed by atoms with van der Waals surface area (Å²) in [6.45, 7) is 0.866. The number of rotatable bonds is 4. The van der Waals surface area contributed by atoms with E-state index in [0.717, 1.165) is 31.4 Å². The molecular weight excluding hydrogens is 332 g/mol. The zero-order valence-electron chi connectivity index (χ0n) is 14.2. The van der Waals surface area contributed by atoms with Crippen LogP contribution in [0.5, 0.6) is 0 Å². The van der Waals surface area contributed by atoms with Gasteiger partial charge < -0.3 is 10.2 Å². The Kier molecular flexibility index (Phi) is 4.67. The average Bonchev–Trinajstić information content (AvgIpc) is 3.27. The first-order valence-corrected chi connectivity index (χ1v) is 9.50. The average molecular weight is 355 g/mol. The molecule has 2 aromatic carbocycles. The zero-order chi connectivity index (χ0) is 17.2. The third-order valence-electron chi connectivity index (χ3n) is 5.37. The molecule has 3 nitrogen and oxygen atoms in total. The lowest BCUT2D eigenvalue weighted by atomic mass is 10.0. The lowest BCUT2D eigenvalue weighted by Crippen LogP contribution is -2.43. The van der Waals surface area contributed by atoms with Gasteiger partial charge in [0, 0.05) is 23.3 Å². The highest BCUT2D eigenvalue weighted by molar-refractivity contribution is 6.30. The first-order valence-electron chi connectivity index (χ1n) is 9.13. The summed E-state index contributed by atoms with van der Waals surface area (Å²) < 4.78 is 0. The highest BCUT2D eigenvalue weighted by atomic mass is 35.5. The molecule has 25 heavy (non-hydrogen) atoms. The maximum Gasteiger partial charge on any atom is 0.247 e. The Hall–Kier alpha value is -2.00. The molecular formula is C21H23ClN2O. The largest absolute Gasteiger partial charge is 0.355 e. The second-order valence-electron chi connectivity index (χ2n) is 7.02. The van der Waals surface area contributed by atoms with Gasteiger partial charge >= 0.3 is 0 Å². The number of fused-ring (bicyclic) bond motifs is 1. The molecule has 0 saturated heterocycles. The molecule has 2 aliphatic rings. The summed E-state index contributed by atoms with van der Waals surface area (Å²) in [7, 11) is 0. The number of hydrogen-bond acceptors (Lipinski definition) is 2. The van der Waals surface area contributed by atoms with Crippen LogP contribution in [0.2, 0.25) is 5.02 Å². The maximum absolute atomic E-state index is 13.2. The third-order valence-corrected chi connectivity index (χ3v) is 5.62. The van der Waals surface area contributed by atoms with Gasteiger partial charge in [-0.2, -0.15) is 0 Å². The van der Waals surface area contributed by atoms with Gasteiger partial charge in [-0.25, -0.2) is 0 Å². The summed E-state index contributed by atoms with van der Waals surface area (Å²) >= 11 is 6.06. The van der Waals surface area contributed by atoms with Gasteiger partial charge in [-0.05, 0) is 48.6 Å². The van der Waals surface area contributed by atoms with Crippen molar-refractivity contribution >= 4 is 23.2 Å². The van der Waals surface area contributed by atoms with Gasteiger partial charge in [0.05, 0.1) is 0 Å². The van der Waals surface area contributed by atoms with Crippen LogP contribution in [0.25, 0.3) is 0 Å². The second-order valence-corrected chi connectivity index (χ2v) is 7.45. The van der Waals surface area contributed by atoms with E-state index in [9.17, 15) is 4.79 Å². The Labute approximate surface area is 154 Å². The predicted octanol–water partition coefficient (Wildman–Crippen LogP) is 4.50. The highest BCUT2D eigenvalue weighted by Gasteiger charge is 2.33. The van der Waals surface area contributed by atoms with Gasteiger partial charge in [-0.3, -0.25) is 4.79 Å². The van der Waals surface area contributed by atoms with Gasteiger partial charge in [0.25, 0.3) is 0 Å². The van der Waals surface area contributed by atoms with Crippen LogP contribution in [0, 0.1) is 0 Å². The van der Waals surface area contributed by atoms with Crippen LogP contribution in [0.15, 0.2) is 48.5 Å². The van der Waals surface area contributed by atoms with Crippen molar-refractivity contribution in [1.29, 1.82) is 0 Å². The van der Waals surface area contributed by atoms with Crippen LogP contribution in [-0.2, 0) is 11.2 Å². The summed E-state index contributed by atoms with van der Waals surface area (Å²) in [5.74, 6) is 0.103. The number of halogens is 1. The van der Waals surface area contributed by atoms with E-state index in [1.165, 1.54) is 24.1 Å². The quantitative estimate of drug-likeness (QED) is 0.876. The van der Waals surface area contributed by atoms with Crippen molar-refractivity contribution < 1.29 is 4.79 Å². The van der Waals surface area contributed by atoms with E-state index >= 15 is 0 Å². The molecule has 130 valence electrons. The fourth-order valence-electron chi connectivity index (χ4n) is 4.10. The highest BCUT2D eigenvalue weighted by Crippen LogP contribution is 2.36. The Morgan fingerprint density at radius 3 is 2.56 bits per heavy atom. The molecule has 1 aliphatic carbocycles. The van der Waals surface area contributed by atoms with Crippen LogP contribution in [0.3, 0.4) is 0 Å². The molecule has 0 aromatic heterocycles. The Bertz CT molecular complexity index is 753. The van der Waals surface area contributed by atoms with Crippen LogP contribution in [0.1, 0.15) is 42.9 Å². The first-order chi connectivity index (χ1) is 12.2. The Morgan fingerprint density at radius 2 is 1.80 bits per heavy atom. The number of carbonyl (C=O) groups is 1. The van der Waals surface area contributed by atoms with Crippen molar-refractivity contribution in [2.75, 3.05) is 11.4 Å². The van der Waals surface area contributed by atoms with E-state index in [1.54, 1.807) is 0 Å². The zero-order valence-corrected chi connectivity index (χ0v) is 15.0. The van der Waals surface area contributed by atoms with Crippen molar-refractivity contribution in [3.63, 3.8) is 0 Å². The fraction of sp³-hybridized carbons (Fsp3) is 0.381. The second kappa shape index (κ2) is 7.09. The number of carbonyl (C=O) groups excluding carboxylic acids is 1. The number of benzene rings is 2. The number of nitrogens with one attached hydrogen (secondary N) is 1. The molecule has 1 amide bonds. The number of hydrogen-bond donors (Lipinski definition) is 1. The number of amides is 1. The van der Waals surface area contributed by atoms with Crippen LogP contribution in [0.4, 0.5) is 5.69 Å². The molecule has 0 radical (unpaired) electrons. The summed E-state index contributed by atoms with van der Waals surface area (Å²) in [6, 6.07) is 16.1.